The number of hydrogen-bond donors (Lipinski definition) is 1. The molecule has 1 unspecified atom stereocenters. The minimum atomic E-state index is -0.202. The summed E-state index contributed by atoms with van der Waals surface area (Å²) in [5.41, 5.74) is 0.695. The van der Waals surface area contributed by atoms with Crippen LogP contribution in [0.4, 0.5) is 4.39 Å². The first-order chi connectivity index (χ1) is 8.54. The minimum Gasteiger partial charge on any atom is -0.493 e. The van der Waals surface area contributed by atoms with E-state index >= 15 is 0 Å². The minimum absolute atomic E-state index is 0.0316. The van der Waals surface area contributed by atoms with Crippen LogP contribution in [0.2, 0.25) is 0 Å². The lowest BCUT2D eigenvalue weighted by molar-refractivity contribution is 0.269. The fourth-order valence-electron chi connectivity index (χ4n) is 1.68. The topological polar surface area (TPSA) is 21.3 Å². The molecule has 0 saturated heterocycles. The molecular formula is C15H24FNO. The van der Waals surface area contributed by atoms with Gasteiger partial charge in [0.05, 0.1) is 6.61 Å². The number of benzene rings is 1. The van der Waals surface area contributed by atoms with Crippen molar-refractivity contribution in [2.24, 2.45) is 5.92 Å². The number of rotatable bonds is 7. The Balaban J connectivity index is 2.66. The average Bonchev–Trinajstić information content (AvgIpc) is 2.33. The van der Waals surface area contributed by atoms with Crippen molar-refractivity contribution in [1.82, 2.24) is 5.32 Å². The zero-order valence-corrected chi connectivity index (χ0v) is 11.8. The second kappa shape index (κ2) is 7.37. The standard InChI is InChI=1S/C15H24FNO/c1-5-8-17-12(4)14-7-6-13(9-15(14)16)18-10-11(2)3/h6-7,9,11-12,17H,5,8,10H2,1-4H3. The SMILES string of the molecule is CCCNC(C)c1ccc(OCC(C)C)cc1F. The smallest absolute Gasteiger partial charge is 0.131 e. The molecule has 3 heteroatoms. The normalized spacial score (nSPS) is 12.8. The van der Waals surface area contributed by atoms with E-state index < -0.39 is 0 Å². The number of hydrogen-bond acceptors (Lipinski definition) is 2. The molecule has 1 rings (SSSR count). The van der Waals surface area contributed by atoms with Crippen LogP contribution in [0.3, 0.4) is 0 Å². The lowest BCUT2D eigenvalue weighted by Gasteiger charge is -2.16. The second-order valence-corrected chi connectivity index (χ2v) is 5.06. The third-order valence-corrected chi connectivity index (χ3v) is 2.72. The van der Waals surface area contributed by atoms with E-state index in [2.05, 4.69) is 26.1 Å². The van der Waals surface area contributed by atoms with Gasteiger partial charge in [-0.2, -0.15) is 0 Å². The van der Waals surface area contributed by atoms with Crippen molar-refractivity contribution in [1.29, 1.82) is 0 Å². The van der Waals surface area contributed by atoms with Crippen molar-refractivity contribution in [3.8, 4) is 5.75 Å². The maximum absolute atomic E-state index is 13.9. The fraction of sp³-hybridized carbons (Fsp3) is 0.600. The summed E-state index contributed by atoms with van der Waals surface area (Å²) in [5.74, 6) is 0.845. The van der Waals surface area contributed by atoms with Crippen molar-refractivity contribution < 1.29 is 9.13 Å². The van der Waals surface area contributed by atoms with E-state index in [0.29, 0.717) is 23.8 Å². The predicted octanol–water partition coefficient (Wildman–Crippen LogP) is 3.92. The van der Waals surface area contributed by atoms with Crippen LogP contribution in [0.25, 0.3) is 0 Å². The zero-order chi connectivity index (χ0) is 13.5. The quantitative estimate of drug-likeness (QED) is 0.795. The Morgan fingerprint density at radius 2 is 2.00 bits per heavy atom. The van der Waals surface area contributed by atoms with E-state index in [1.807, 2.05) is 13.0 Å². The highest BCUT2D eigenvalue weighted by Gasteiger charge is 2.11. The van der Waals surface area contributed by atoms with Crippen molar-refractivity contribution in [2.75, 3.05) is 13.2 Å². The number of ether oxygens (including phenoxy) is 1. The third kappa shape index (κ3) is 4.65. The van der Waals surface area contributed by atoms with Crippen molar-refractivity contribution in [3.63, 3.8) is 0 Å². The molecule has 0 fully saturated rings. The van der Waals surface area contributed by atoms with Crippen LogP contribution >= 0.6 is 0 Å². The molecule has 0 bridgehead atoms. The lowest BCUT2D eigenvalue weighted by Crippen LogP contribution is -2.20. The summed E-state index contributed by atoms with van der Waals surface area (Å²) in [6.07, 6.45) is 1.04. The average molecular weight is 253 g/mol. The van der Waals surface area contributed by atoms with Gasteiger partial charge in [-0.25, -0.2) is 4.39 Å². The molecule has 0 radical (unpaired) electrons. The van der Waals surface area contributed by atoms with Crippen LogP contribution in [0.15, 0.2) is 18.2 Å². The number of nitrogens with one attached hydrogen (secondary N) is 1. The van der Waals surface area contributed by atoms with E-state index in [-0.39, 0.29) is 11.9 Å². The maximum Gasteiger partial charge on any atom is 0.131 e. The molecule has 0 aromatic heterocycles. The molecule has 0 aliphatic heterocycles. The molecular weight excluding hydrogens is 229 g/mol. The van der Waals surface area contributed by atoms with Crippen molar-refractivity contribution >= 4 is 0 Å². The van der Waals surface area contributed by atoms with E-state index in [4.69, 9.17) is 4.74 Å². The molecule has 18 heavy (non-hydrogen) atoms. The van der Waals surface area contributed by atoms with Gasteiger partial charge in [-0.1, -0.05) is 26.8 Å². The summed E-state index contributed by atoms with van der Waals surface area (Å²) in [5, 5.41) is 3.28. The van der Waals surface area contributed by atoms with Gasteiger partial charge in [0.2, 0.25) is 0 Å². The van der Waals surface area contributed by atoms with Crippen LogP contribution < -0.4 is 10.1 Å². The summed E-state index contributed by atoms with van der Waals surface area (Å²) < 4.78 is 19.4. The van der Waals surface area contributed by atoms with Gasteiger partial charge in [-0.3, -0.25) is 0 Å². The Hall–Kier alpha value is -1.09. The number of halogens is 1. The van der Waals surface area contributed by atoms with Gasteiger partial charge in [-0.15, -0.1) is 0 Å². The van der Waals surface area contributed by atoms with Gasteiger partial charge in [0.25, 0.3) is 0 Å². The zero-order valence-electron chi connectivity index (χ0n) is 11.8. The first-order valence-corrected chi connectivity index (χ1v) is 6.70. The summed E-state index contributed by atoms with van der Waals surface area (Å²) in [6.45, 7) is 9.72. The van der Waals surface area contributed by atoms with E-state index in [9.17, 15) is 4.39 Å². The Morgan fingerprint density at radius 3 is 2.56 bits per heavy atom. The van der Waals surface area contributed by atoms with Crippen LogP contribution in [0.5, 0.6) is 5.75 Å². The summed E-state index contributed by atoms with van der Waals surface area (Å²) in [6, 6.07) is 5.15. The molecule has 2 nitrogen and oxygen atoms in total. The molecule has 0 spiro atoms. The molecule has 1 aromatic rings. The first-order valence-electron chi connectivity index (χ1n) is 6.70. The first kappa shape index (κ1) is 15.0. The highest BCUT2D eigenvalue weighted by Crippen LogP contribution is 2.22. The predicted molar refractivity (Wildman–Crippen MR) is 73.4 cm³/mol. The molecule has 0 aliphatic rings. The van der Waals surface area contributed by atoms with Crippen molar-refractivity contribution in [2.45, 2.75) is 40.2 Å². The Labute approximate surface area is 110 Å². The Kier molecular flexibility index (Phi) is 6.13. The van der Waals surface area contributed by atoms with Gasteiger partial charge in [0.1, 0.15) is 11.6 Å². The van der Waals surface area contributed by atoms with Crippen molar-refractivity contribution in [3.05, 3.63) is 29.6 Å². The molecule has 1 N–H and O–H groups in total. The molecule has 0 aliphatic carbocycles. The third-order valence-electron chi connectivity index (χ3n) is 2.72. The van der Waals surface area contributed by atoms with E-state index in [1.165, 1.54) is 6.07 Å². The Bertz CT molecular complexity index is 366. The molecule has 1 atom stereocenters. The van der Waals surface area contributed by atoms with E-state index in [0.717, 1.165) is 13.0 Å². The summed E-state index contributed by atoms with van der Waals surface area (Å²) in [7, 11) is 0. The molecule has 0 heterocycles. The summed E-state index contributed by atoms with van der Waals surface area (Å²) >= 11 is 0. The van der Waals surface area contributed by atoms with Gasteiger partial charge < -0.3 is 10.1 Å². The highest BCUT2D eigenvalue weighted by atomic mass is 19.1. The van der Waals surface area contributed by atoms with E-state index in [1.54, 1.807) is 6.07 Å². The highest BCUT2D eigenvalue weighted by molar-refractivity contribution is 5.30. The maximum atomic E-state index is 13.9. The van der Waals surface area contributed by atoms with Gasteiger partial charge in [0, 0.05) is 17.7 Å². The molecule has 1 aromatic carbocycles. The van der Waals surface area contributed by atoms with Crippen LogP contribution in [-0.4, -0.2) is 13.2 Å². The molecule has 0 saturated carbocycles. The van der Waals surface area contributed by atoms with Crippen LogP contribution in [0, 0.1) is 11.7 Å². The van der Waals surface area contributed by atoms with Gasteiger partial charge >= 0.3 is 0 Å². The van der Waals surface area contributed by atoms with Crippen LogP contribution in [0.1, 0.15) is 45.7 Å². The largest absolute Gasteiger partial charge is 0.493 e. The van der Waals surface area contributed by atoms with Gasteiger partial charge in [-0.05, 0) is 31.9 Å². The monoisotopic (exact) mass is 253 g/mol. The van der Waals surface area contributed by atoms with Crippen LogP contribution in [-0.2, 0) is 0 Å². The van der Waals surface area contributed by atoms with Gasteiger partial charge in [0.15, 0.2) is 0 Å². The second-order valence-electron chi connectivity index (χ2n) is 5.06. The molecule has 102 valence electrons. The lowest BCUT2D eigenvalue weighted by atomic mass is 10.1. The fourth-order valence-corrected chi connectivity index (χ4v) is 1.68. The summed E-state index contributed by atoms with van der Waals surface area (Å²) in [4.78, 5) is 0. The molecule has 0 amide bonds. The Morgan fingerprint density at radius 1 is 1.28 bits per heavy atom.